The monoisotopic (exact) mass is 517 g/mol. The zero-order valence-electron chi connectivity index (χ0n) is 18.4. The first-order chi connectivity index (χ1) is 16.3. The number of nitrogens with zero attached hydrogens (tertiary/aromatic N) is 3. The van der Waals surface area contributed by atoms with E-state index < -0.39 is 17.7 Å². The maximum absolute atomic E-state index is 13.2. The highest BCUT2D eigenvalue weighted by Gasteiger charge is 2.48. The number of aliphatic hydroxyl groups is 1. The van der Waals surface area contributed by atoms with Gasteiger partial charge in [0, 0.05) is 5.56 Å². The average Bonchev–Trinajstić information content (AvgIpc) is 3.36. The second-order valence-electron chi connectivity index (χ2n) is 7.67. The zero-order valence-corrected chi connectivity index (χ0v) is 20.7. The molecule has 0 aliphatic carbocycles. The molecule has 0 saturated carbocycles. The molecule has 2 aromatic carbocycles. The highest BCUT2D eigenvalue weighted by molar-refractivity contribution is 7.15. The van der Waals surface area contributed by atoms with Crippen molar-refractivity contribution < 1.29 is 19.4 Å². The largest absolute Gasteiger partial charge is 0.507 e. The second kappa shape index (κ2) is 10.1. The first-order valence-corrected chi connectivity index (χ1v) is 12.2. The molecule has 2 heterocycles. The van der Waals surface area contributed by atoms with Crippen molar-refractivity contribution >= 4 is 57.1 Å². The van der Waals surface area contributed by atoms with Gasteiger partial charge >= 0.3 is 5.91 Å². The van der Waals surface area contributed by atoms with E-state index in [9.17, 15) is 14.7 Å². The van der Waals surface area contributed by atoms with Gasteiger partial charge in [-0.15, -0.1) is 10.2 Å². The van der Waals surface area contributed by atoms with E-state index in [2.05, 4.69) is 17.1 Å². The molecule has 0 unspecified atom stereocenters. The Bertz CT molecular complexity index is 1270. The fourth-order valence-electron chi connectivity index (χ4n) is 3.61. The van der Waals surface area contributed by atoms with Crippen molar-refractivity contribution in [1.82, 2.24) is 10.2 Å². The van der Waals surface area contributed by atoms with Gasteiger partial charge in [-0.05, 0) is 55.3 Å². The topological polar surface area (TPSA) is 92.6 Å². The summed E-state index contributed by atoms with van der Waals surface area (Å²) in [7, 11) is 0. The van der Waals surface area contributed by atoms with Crippen LogP contribution in [0.2, 0.25) is 10.0 Å². The van der Waals surface area contributed by atoms with E-state index in [0.717, 1.165) is 12.8 Å². The Hall–Kier alpha value is -2.94. The molecule has 1 amide bonds. The van der Waals surface area contributed by atoms with Gasteiger partial charge in [0.15, 0.2) is 0 Å². The molecule has 4 rings (SSSR count). The molecular formula is C24H21Cl2N3O4S. The minimum atomic E-state index is -0.956. The van der Waals surface area contributed by atoms with Gasteiger partial charge in [0.1, 0.15) is 16.5 Å². The molecular weight excluding hydrogens is 497 g/mol. The number of halogens is 2. The number of aliphatic hydroxyl groups excluding tert-OH is 1. The van der Waals surface area contributed by atoms with Crippen LogP contribution in [0.5, 0.6) is 5.75 Å². The Kier molecular flexibility index (Phi) is 7.21. The quantitative estimate of drug-likeness (QED) is 0.180. The van der Waals surface area contributed by atoms with E-state index in [0.29, 0.717) is 33.5 Å². The van der Waals surface area contributed by atoms with Crippen LogP contribution >= 0.6 is 34.5 Å². The summed E-state index contributed by atoms with van der Waals surface area (Å²) < 4.78 is 5.67. The van der Waals surface area contributed by atoms with Crippen molar-refractivity contribution in [3.8, 4) is 5.75 Å². The number of hydrogen-bond donors (Lipinski definition) is 1. The van der Waals surface area contributed by atoms with Crippen LogP contribution in [-0.4, -0.2) is 33.6 Å². The van der Waals surface area contributed by atoms with Crippen LogP contribution in [0, 0.1) is 6.92 Å². The number of hydrogen-bond acceptors (Lipinski definition) is 7. The van der Waals surface area contributed by atoms with Crippen molar-refractivity contribution in [3.05, 3.63) is 74.2 Å². The van der Waals surface area contributed by atoms with Crippen molar-refractivity contribution in [3.63, 3.8) is 0 Å². The first-order valence-electron chi connectivity index (χ1n) is 10.6. The number of aromatic nitrogens is 2. The van der Waals surface area contributed by atoms with Gasteiger partial charge in [0.05, 0.1) is 28.3 Å². The summed E-state index contributed by atoms with van der Waals surface area (Å²) in [5.41, 5.74) is 0.803. The molecule has 0 bridgehead atoms. The highest BCUT2D eigenvalue weighted by atomic mass is 35.5. The van der Waals surface area contributed by atoms with Gasteiger partial charge in [0.25, 0.3) is 5.78 Å². The predicted molar refractivity (Wildman–Crippen MR) is 133 cm³/mol. The van der Waals surface area contributed by atoms with Gasteiger partial charge in [-0.1, -0.05) is 53.9 Å². The number of anilines is 1. The third kappa shape index (κ3) is 4.66. The summed E-state index contributed by atoms with van der Waals surface area (Å²) in [6, 6.07) is 10.6. The summed E-state index contributed by atoms with van der Waals surface area (Å²) in [5.74, 6) is -1.30. The van der Waals surface area contributed by atoms with Gasteiger partial charge in [0.2, 0.25) is 5.13 Å². The minimum Gasteiger partial charge on any atom is -0.507 e. The van der Waals surface area contributed by atoms with Crippen molar-refractivity contribution in [2.75, 3.05) is 11.5 Å². The molecule has 34 heavy (non-hydrogen) atoms. The van der Waals surface area contributed by atoms with E-state index in [1.807, 2.05) is 0 Å². The van der Waals surface area contributed by atoms with E-state index >= 15 is 0 Å². The number of ether oxygens (including phenoxy) is 1. The molecule has 0 radical (unpaired) electrons. The summed E-state index contributed by atoms with van der Waals surface area (Å²) in [4.78, 5) is 27.5. The summed E-state index contributed by atoms with van der Waals surface area (Å²) in [6.07, 6.45) is 1.95. The average molecular weight is 518 g/mol. The number of unbranched alkanes of at least 4 members (excludes halogenated alkanes) is 1. The van der Waals surface area contributed by atoms with E-state index in [4.69, 9.17) is 27.9 Å². The fraction of sp³-hybridized carbons (Fsp3) is 0.250. The Morgan fingerprint density at radius 1 is 1.12 bits per heavy atom. The van der Waals surface area contributed by atoms with Gasteiger partial charge in [-0.3, -0.25) is 14.5 Å². The van der Waals surface area contributed by atoms with Crippen LogP contribution in [0.4, 0.5) is 5.13 Å². The molecule has 1 aromatic heterocycles. The number of amides is 1. The van der Waals surface area contributed by atoms with Crippen LogP contribution in [-0.2, 0) is 9.59 Å². The maximum atomic E-state index is 13.2. The molecule has 1 saturated heterocycles. The van der Waals surface area contributed by atoms with E-state index in [1.165, 1.54) is 16.2 Å². The van der Waals surface area contributed by atoms with Crippen LogP contribution in [0.3, 0.4) is 0 Å². The number of benzene rings is 2. The normalized spacial score (nSPS) is 17.4. The third-order valence-corrected chi connectivity index (χ3v) is 6.90. The van der Waals surface area contributed by atoms with Crippen molar-refractivity contribution in [1.29, 1.82) is 0 Å². The second-order valence-corrected chi connectivity index (χ2v) is 9.65. The van der Waals surface area contributed by atoms with E-state index in [-0.39, 0.29) is 21.5 Å². The Balaban J connectivity index is 1.81. The lowest BCUT2D eigenvalue weighted by Gasteiger charge is -2.23. The molecule has 176 valence electrons. The van der Waals surface area contributed by atoms with Crippen LogP contribution < -0.4 is 9.64 Å². The summed E-state index contributed by atoms with van der Waals surface area (Å²) in [6.45, 7) is 4.41. The minimum absolute atomic E-state index is 0.0732. The molecule has 1 N–H and O–H groups in total. The van der Waals surface area contributed by atoms with Gasteiger partial charge in [-0.2, -0.15) is 0 Å². The summed E-state index contributed by atoms with van der Waals surface area (Å²) >= 11 is 13.5. The standard InChI is InChI=1S/C24H21Cl2N3O4S/c1-3-4-11-33-16-8-5-14(6-9-16)21(30)19-20(15-7-10-17(25)18(26)12-15)29(23(32)22(19)31)24-28-27-13(2)34-24/h5-10,12,20,30H,3-4,11H2,1-2H3/t20-/m1/s1. The smallest absolute Gasteiger partial charge is 0.301 e. The molecule has 3 aromatic rings. The number of carbonyl (C=O) groups excluding carboxylic acids is 2. The lowest BCUT2D eigenvalue weighted by Crippen LogP contribution is -2.29. The van der Waals surface area contributed by atoms with Gasteiger partial charge in [-0.25, -0.2) is 0 Å². The number of ketones is 1. The van der Waals surface area contributed by atoms with Crippen LogP contribution in [0.25, 0.3) is 5.76 Å². The number of aryl methyl sites for hydroxylation is 1. The number of Topliss-reactive ketones (excluding diaryl/α,β-unsaturated/α-hetero) is 1. The lowest BCUT2D eigenvalue weighted by molar-refractivity contribution is -0.132. The number of carbonyl (C=O) groups is 2. The Morgan fingerprint density at radius 2 is 1.85 bits per heavy atom. The molecule has 1 aliphatic rings. The SMILES string of the molecule is CCCCOc1ccc(C(O)=C2C(=O)C(=O)N(c3nnc(C)s3)[C@@H]2c2ccc(Cl)c(Cl)c2)cc1. The van der Waals surface area contributed by atoms with Crippen molar-refractivity contribution in [2.24, 2.45) is 0 Å². The molecule has 1 aliphatic heterocycles. The van der Waals surface area contributed by atoms with Crippen LogP contribution in [0.15, 0.2) is 48.0 Å². The predicted octanol–water partition coefficient (Wildman–Crippen LogP) is 5.96. The molecule has 10 heteroatoms. The van der Waals surface area contributed by atoms with Crippen molar-refractivity contribution in [2.45, 2.75) is 32.7 Å². The fourth-order valence-corrected chi connectivity index (χ4v) is 4.63. The molecule has 1 atom stereocenters. The molecule has 0 spiro atoms. The van der Waals surface area contributed by atoms with Gasteiger partial charge < -0.3 is 9.84 Å². The number of rotatable bonds is 7. The summed E-state index contributed by atoms with van der Waals surface area (Å²) in [5, 5.41) is 20.7. The van der Waals surface area contributed by atoms with E-state index in [1.54, 1.807) is 49.4 Å². The zero-order chi connectivity index (χ0) is 24.4. The van der Waals surface area contributed by atoms with Crippen LogP contribution in [0.1, 0.15) is 41.9 Å². The third-order valence-electron chi connectivity index (χ3n) is 5.32. The first kappa shape index (κ1) is 24.2. The molecule has 7 nitrogen and oxygen atoms in total. The molecule has 1 fully saturated rings. The Labute approximate surface area is 210 Å². The Morgan fingerprint density at radius 3 is 2.47 bits per heavy atom. The maximum Gasteiger partial charge on any atom is 0.301 e. The lowest BCUT2D eigenvalue weighted by atomic mass is 9.95. The highest BCUT2D eigenvalue weighted by Crippen LogP contribution is 2.44.